The molecule has 0 fully saturated rings. The molecule has 2 rings (SSSR count). The minimum atomic E-state index is 0.574. The third kappa shape index (κ3) is 2.90. The van der Waals surface area contributed by atoms with E-state index in [-0.39, 0.29) is 0 Å². The second kappa shape index (κ2) is 6.41. The summed E-state index contributed by atoms with van der Waals surface area (Å²) in [7, 11) is 3.22. The molecule has 0 aliphatic heterocycles. The number of benzene rings is 1. The molecule has 1 heterocycles. The van der Waals surface area contributed by atoms with Crippen LogP contribution in [0.4, 0.5) is 5.82 Å². The Hall–Kier alpha value is -2.34. The summed E-state index contributed by atoms with van der Waals surface area (Å²) in [5, 5.41) is 0. The van der Waals surface area contributed by atoms with Crippen LogP contribution >= 0.6 is 0 Å². The Morgan fingerprint density at radius 1 is 1.19 bits per heavy atom. The number of nitrogen functional groups attached to an aromatic ring is 1. The second-order valence-electron chi connectivity index (χ2n) is 4.53. The number of rotatable bonds is 5. The van der Waals surface area contributed by atoms with E-state index in [0.717, 1.165) is 29.0 Å². The number of aryl methyl sites for hydroxylation is 1. The van der Waals surface area contributed by atoms with Crippen molar-refractivity contribution in [2.75, 3.05) is 19.6 Å². The maximum atomic E-state index is 5.55. The summed E-state index contributed by atoms with van der Waals surface area (Å²) in [5.41, 5.74) is 5.32. The van der Waals surface area contributed by atoms with Crippen molar-refractivity contribution in [2.45, 2.75) is 20.3 Å². The van der Waals surface area contributed by atoms with Crippen LogP contribution in [0.25, 0.3) is 11.4 Å². The van der Waals surface area contributed by atoms with Crippen LogP contribution in [0, 0.1) is 6.92 Å². The van der Waals surface area contributed by atoms with Crippen LogP contribution in [0.3, 0.4) is 0 Å². The highest BCUT2D eigenvalue weighted by atomic mass is 16.5. The van der Waals surface area contributed by atoms with E-state index in [1.807, 2.05) is 26.0 Å². The van der Waals surface area contributed by atoms with Gasteiger partial charge in [-0.3, -0.25) is 0 Å². The maximum Gasteiger partial charge on any atom is 0.165 e. The Labute approximate surface area is 124 Å². The van der Waals surface area contributed by atoms with Crippen molar-refractivity contribution in [2.24, 2.45) is 5.84 Å². The fourth-order valence-electron chi connectivity index (χ4n) is 2.15. The topological polar surface area (TPSA) is 82.3 Å². The molecule has 112 valence electrons. The lowest BCUT2D eigenvalue weighted by Crippen LogP contribution is -2.13. The molecule has 1 aromatic heterocycles. The summed E-state index contributed by atoms with van der Waals surface area (Å²) >= 11 is 0. The molecule has 0 saturated carbocycles. The molecule has 0 saturated heterocycles. The molecule has 6 nitrogen and oxygen atoms in total. The van der Waals surface area contributed by atoms with E-state index >= 15 is 0 Å². The highest BCUT2D eigenvalue weighted by Gasteiger charge is 2.14. The predicted octanol–water partition coefficient (Wildman–Crippen LogP) is 2.32. The van der Waals surface area contributed by atoms with Gasteiger partial charge in [-0.2, -0.15) is 0 Å². The predicted molar refractivity (Wildman–Crippen MR) is 82.5 cm³/mol. The zero-order valence-electron chi connectivity index (χ0n) is 12.7. The van der Waals surface area contributed by atoms with Crippen LogP contribution in [-0.2, 0) is 6.42 Å². The number of nitrogens with two attached hydrogens (primary N) is 1. The van der Waals surface area contributed by atoms with Crippen LogP contribution < -0.4 is 20.7 Å². The van der Waals surface area contributed by atoms with Crippen molar-refractivity contribution in [1.82, 2.24) is 9.97 Å². The van der Waals surface area contributed by atoms with E-state index in [2.05, 4.69) is 15.4 Å². The first-order valence-corrected chi connectivity index (χ1v) is 6.71. The van der Waals surface area contributed by atoms with E-state index in [4.69, 9.17) is 15.3 Å². The highest BCUT2D eigenvalue weighted by Crippen LogP contribution is 2.32. The molecule has 6 heteroatoms. The summed E-state index contributed by atoms with van der Waals surface area (Å²) in [6, 6.07) is 5.53. The van der Waals surface area contributed by atoms with Crippen molar-refractivity contribution >= 4 is 5.82 Å². The van der Waals surface area contributed by atoms with Crippen molar-refractivity contribution in [3.63, 3.8) is 0 Å². The average molecular weight is 288 g/mol. The minimum absolute atomic E-state index is 0.574. The van der Waals surface area contributed by atoms with E-state index in [1.165, 1.54) is 0 Å². The van der Waals surface area contributed by atoms with E-state index in [0.29, 0.717) is 17.4 Å². The number of ether oxygens (including phenoxy) is 2. The summed E-state index contributed by atoms with van der Waals surface area (Å²) in [5.74, 6) is 8.11. The molecule has 0 aliphatic carbocycles. The Morgan fingerprint density at radius 3 is 2.52 bits per heavy atom. The first kappa shape index (κ1) is 15.1. The largest absolute Gasteiger partial charge is 0.497 e. The number of nitrogens with one attached hydrogen (secondary N) is 1. The van der Waals surface area contributed by atoms with Crippen molar-refractivity contribution in [1.29, 1.82) is 0 Å². The molecule has 0 aliphatic rings. The molecule has 0 bridgehead atoms. The lowest BCUT2D eigenvalue weighted by molar-refractivity contribution is 0.395. The maximum absolute atomic E-state index is 5.55. The van der Waals surface area contributed by atoms with Crippen LogP contribution in [0.5, 0.6) is 11.5 Å². The van der Waals surface area contributed by atoms with Crippen LogP contribution in [0.15, 0.2) is 18.2 Å². The summed E-state index contributed by atoms with van der Waals surface area (Å²) in [6.45, 7) is 3.99. The van der Waals surface area contributed by atoms with Crippen molar-refractivity contribution < 1.29 is 9.47 Å². The first-order valence-electron chi connectivity index (χ1n) is 6.71. The molecular formula is C15H20N4O2. The molecule has 21 heavy (non-hydrogen) atoms. The molecule has 2 aromatic rings. The number of hydrogen-bond acceptors (Lipinski definition) is 6. The Kier molecular flexibility index (Phi) is 4.59. The number of aromatic nitrogens is 2. The summed E-state index contributed by atoms with van der Waals surface area (Å²) in [6.07, 6.45) is 0.800. The molecule has 1 aromatic carbocycles. The monoisotopic (exact) mass is 288 g/mol. The third-order valence-electron chi connectivity index (χ3n) is 3.37. The van der Waals surface area contributed by atoms with Gasteiger partial charge in [0.15, 0.2) is 5.82 Å². The first-order chi connectivity index (χ1) is 10.1. The van der Waals surface area contributed by atoms with Gasteiger partial charge in [0, 0.05) is 17.3 Å². The van der Waals surface area contributed by atoms with Gasteiger partial charge in [0.1, 0.15) is 17.3 Å². The van der Waals surface area contributed by atoms with Crippen LogP contribution in [-0.4, -0.2) is 24.2 Å². The quantitative estimate of drug-likeness (QED) is 0.649. The molecule has 3 N–H and O–H groups in total. The number of anilines is 1. The lowest BCUT2D eigenvalue weighted by atomic mass is 10.1. The highest BCUT2D eigenvalue weighted by molar-refractivity contribution is 5.67. The average Bonchev–Trinajstić information content (AvgIpc) is 2.54. The van der Waals surface area contributed by atoms with Gasteiger partial charge in [0.2, 0.25) is 0 Å². The van der Waals surface area contributed by atoms with Gasteiger partial charge < -0.3 is 14.9 Å². The van der Waals surface area contributed by atoms with Gasteiger partial charge in [0.25, 0.3) is 0 Å². The van der Waals surface area contributed by atoms with E-state index in [9.17, 15) is 0 Å². The van der Waals surface area contributed by atoms with Crippen LogP contribution in [0.1, 0.15) is 18.2 Å². The fourth-order valence-corrected chi connectivity index (χ4v) is 2.15. The zero-order chi connectivity index (χ0) is 15.4. The van der Waals surface area contributed by atoms with Gasteiger partial charge in [-0.25, -0.2) is 15.8 Å². The molecular weight excluding hydrogens is 268 g/mol. The minimum Gasteiger partial charge on any atom is -0.497 e. The third-order valence-corrected chi connectivity index (χ3v) is 3.37. The van der Waals surface area contributed by atoms with E-state index < -0.39 is 0 Å². The van der Waals surface area contributed by atoms with E-state index in [1.54, 1.807) is 20.3 Å². The Morgan fingerprint density at radius 2 is 1.95 bits per heavy atom. The summed E-state index contributed by atoms with van der Waals surface area (Å²) < 4.78 is 10.6. The van der Waals surface area contributed by atoms with Crippen molar-refractivity contribution in [3.05, 3.63) is 29.5 Å². The molecule has 0 amide bonds. The Balaban J connectivity index is 2.61. The zero-order valence-corrected chi connectivity index (χ0v) is 12.7. The van der Waals surface area contributed by atoms with Gasteiger partial charge in [-0.15, -0.1) is 0 Å². The molecule has 0 radical (unpaired) electrons. The number of methoxy groups -OCH3 is 2. The summed E-state index contributed by atoms with van der Waals surface area (Å²) in [4.78, 5) is 9.07. The Bertz CT molecular complexity index is 619. The fraction of sp³-hybridized carbons (Fsp3) is 0.333. The smallest absolute Gasteiger partial charge is 0.165 e. The van der Waals surface area contributed by atoms with Gasteiger partial charge >= 0.3 is 0 Å². The van der Waals surface area contributed by atoms with Gasteiger partial charge in [0.05, 0.1) is 19.8 Å². The standard InChI is InChI=1S/C15H20N4O2/c1-5-12-9(2)14(19-16)18-15(17-12)11-7-6-10(20-3)8-13(11)21-4/h6-8H,5,16H2,1-4H3,(H,17,18,19). The van der Waals surface area contributed by atoms with Gasteiger partial charge in [-0.05, 0) is 25.5 Å². The number of hydrazine groups is 1. The molecule has 0 spiro atoms. The SMILES string of the molecule is CCc1nc(-c2ccc(OC)cc2OC)nc(NN)c1C. The lowest BCUT2D eigenvalue weighted by Gasteiger charge is -2.13. The molecule has 0 unspecified atom stereocenters. The number of nitrogens with zero attached hydrogens (tertiary/aromatic N) is 2. The normalized spacial score (nSPS) is 10.3. The second-order valence-corrected chi connectivity index (χ2v) is 4.53. The number of hydrogen-bond donors (Lipinski definition) is 2. The van der Waals surface area contributed by atoms with Crippen molar-refractivity contribution in [3.8, 4) is 22.9 Å². The molecule has 0 atom stereocenters. The van der Waals surface area contributed by atoms with Gasteiger partial charge in [-0.1, -0.05) is 6.92 Å². The van der Waals surface area contributed by atoms with Crippen LogP contribution in [0.2, 0.25) is 0 Å².